The highest BCUT2D eigenvalue weighted by Gasteiger charge is 2.14. The molecule has 0 radical (unpaired) electrons. The number of ether oxygens (including phenoxy) is 1. The molecular weight excluding hydrogens is 304 g/mol. The topological polar surface area (TPSA) is 71.5 Å². The van der Waals surface area contributed by atoms with E-state index in [1.165, 1.54) is 0 Å². The van der Waals surface area contributed by atoms with Crippen molar-refractivity contribution < 1.29 is 14.6 Å². The van der Waals surface area contributed by atoms with Crippen LogP contribution >= 0.6 is 11.6 Å². The number of carbonyl (C=O) groups is 1. The van der Waals surface area contributed by atoms with E-state index in [2.05, 4.69) is 10.3 Å². The summed E-state index contributed by atoms with van der Waals surface area (Å²) in [4.78, 5) is 15.9. The van der Waals surface area contributed by atoms with Crippen molar-refractivity contribution in [3.05, 3.63) is 22.8 Å². The Hall–Kier alpha value is -1.33. The lowest BCUT2D eigenvalue weighted by atomic mass is 10.0. The summed E-state index contributed by atoms with van der Waals surface area (Å²) in [7, 11) is 0. The summed E-state index contributed by atoms with van der Waals surface area (Å²) < 4.78 is 5.49. The van der Waals surface area contributed by atoms with Gasteiger partial charge in [0, 0.05) is 12.7 Å². The molecule has 1 atom stereocenters. The largest absolute Gasteiger partial charge is 0.476 e. The molecule has 1 unspecified atom stereocenters. The highest BCUT2D eigenvalue weighted by Crippen LogP contribution is 2.22. The van der Waals surface area contributed by atoms with Crippen LogP contribution < -0.4 is 10.1 Å². The lowest BCUT2D eigenvalue weighted by Gasteiger charge is -2.14. The van der Waals surface area contributed by atoms with Gasteiger partial charge in [-0.05, 0) is 23.5 Å². The fourth-order valence-electron chi connectivity index (χ4n) is 1.61. The maximum absolute atomic E-state index is 11.7. The molecule has 0 saturated carbocycles. The van der Waals surface area contributed by atoms with Crippen LogP contribution in [0.1, 0.15) is 39.7 Å². The van der Waals surface area contributed by atoms with E-state index in [0.717, 1.165) is 5.56 Å². The van der Waals surface area contributed by atoms with Crippen LogP contribution in [0.4, 0.5) is 0 Å². The Kier molecular flexibility index (Phi) is 7.62. The summed E-state index contributed by atoms with van der Waals surface area (Å²) in [6, 6.07) is 1.73. The van der Waals surface area contributed by atoms with Crippen LogP contribution in [0.3, 0.4) is 0 Å². The minimum Gasteiger partial charge on any atom is -0.476 e. The molecule has 1 heterocycles. The van der Waals surface area contributed by atoms with Gasteiger partial charge in [-0.3, -0.25) is 4.79 Å². The van der Waals surface area contributed by atoms with Crippen molar-refractivity contribution >= 4 is 17.5 Å². The summed E-state index contributed by atoms with van der Waals surface area (Å²) in [5.74, 6) is 0.654. The predicted octanol–water partition coefficient (Wildman–Crippen LogP) is 2.79. The molecular formula is C16H25ClN2O3. The van der Waals surface area contributed by atoms with Crippen LogP contribution in [-0.2, 0) is 11.3 Å². The Balaban J connectivity index is 2.50. The molecule has 124 valence electrons. The van der Waals surface area contributed by atoms with Gasteiger partial charge in [0.2, 0.25) is 11.8 Å². The van der Waals surface area contributed by atoms with Crippen molar-refractivity contribution in [3.8, 4) is 5.88 Å². The third kappa shape index (κ3) is 6.62. The quantitative estimate of drug-likeness (QED) is 0.769. The van der Waals surface area contributed by atoms with E-state index in [9.17, 15) is 9.90 Å². The molecule has 0 aromatic carbocycles. The van der Waals surface area contributed by atoms with Gasteiger partial charge >= 0.3 is 0 Å². The van der Waals surface area contributed by atoms with Gasteiger partial charge in [-0.25, -0.2) is 4.98 Å². The zero-order chi connectivity index (χ0) is 16.7. The first kappa shape index (κ1) is 18.7. The number of aromatic nitrogens is 1. The molecule has 1 aromatic heterocycles. The summed E-state index contributed by atoms with van der Waals surface area (Å²) in [5.41, 5.74) is 0.786. The van der Waals surface area contributed by atoms with Gasteiger partial charge in [-0.2, -0.15) is 0 Å². The second kappa shape index (κ2) is 8.96. The van der Waals surface area contributed by atoms with E-state index < -0.39 is 6.10 Å². The second-order valence-electron chi connectivity index (χ2n) is 6.13. The van der Waals surface area contributed by atoms with Gasteiger partial charge < -0.3 is 15.2 Å². The normalized spacial score (nSPS) is 12.5. The number of rotatable bonds is 8. The molecule has 1 aromatic rings. The highest BCUT2D eigenvalue weighted by molar-refractivity contribution is 6.31. The standard InChI is InChI=1S/C16H25ClN2O3/c1-10(2)9-22-16-13(17)5-12(8-19-16)7-18-15(21)6-14(20)11(3)4/h5,8,10-11,14,20H,6-7,9H2,1-4H3,(H,18,21). The van der Waals surface area contributed by atoms with Crippen molar-refractivity contribution in [2.24, 2.45) is 11.8 Å². The van der Waals surface area contributed by atoms with Crippen molar-refractivity contribution in [1.82, 2.24) is 10.3 Å². The van der Waals surface area contributed by atoms with E-state index in [1.807, 2.05) is 27.7 Å². The minimum absolute atomic E-state index is 0.0549. The number of carbonyl (C=O) groups excluding carboxylic acids is 1. The Morgan fingerprint density at radius 3 is 2.64 bits per heavy atom. The summed E-state index contributed by atoms with van der Waals surface area (Å²) in [6.45, 7) is 8.71. The number of nitrogens with one attached hydrogen (secondary N) is 1. The molecule has 0 aliphatic heterocycles. The number of pyridine rings is 1. The Morgan fingerprint density at radius 2 is 2.09 bits per heavy atom. The smallest absolute Gasteiger partial charge is 0.232 e. The third-order valence-corrected chi connectivity index (χ3v) is 3.34. The Bertz CT molecular complexity index is 492. The highest BCUT2D eigenvalue weighted by atomic mass is 35.5. The van der Waals surface area contributed by atoms with Gasteiger partial charge in [-0.1, -0.05) is 39.3 Å². The molecule has 0 fully saturated rings. The Morgan fingerprint density at radius 1 is 1.41 bits per heavy atom. The number of amides is 1. The first-order valence-electron chi connectivity index (χ1n) is 7.51. The molecule has 0 aliphatic rings. The number of halogens is 1. The summed E-state index contributed by atoms with van der Waals surface area (Å²) >= 11 is 6.11. The lowest BCUT2D eigenvalue weighted by molar-refractivity contribution is -0.123. The predicted molar refractivity (Wildman–Crippen MR) is 86.9 cm³/mol. The van der Waals surface area contributed by atoms with Crippen LogP contribution in [0, 0.1) is 11.8 Å². The summed E-state index contributed by atoms with van der Waals surface area (Å²) in [6.07, 6.45) is 1.09. The fraction of sp³-hybridized carbons (Fsp3) is 0.625. The van der Waals surface area contributed by atoms with E-state index in [0.29, 0.717) is 30.0 Å². The minimum atomic E-state index is -0.631. The maximum Gasteiger partial charge on any atom is 0.232 e. The number of aliphatic hydroxyl groups is 1. The number of hydrogen-bond donors (Lipinski definition) is 2. The number of hydrogen-bond acceptors (Lipinski definition) is 4. The van der Waals surface area contributed by atoms with E-state index in [-0.39, 0.29) is 18.2 Å². The van der Waals surface area contributed by atoms with Crippen LogP contribution in [0.15, 0.2) is 12.3 Å². The van der Waals surface area contributed by atoms with Gasteiger partial charge in [0.1, 0.15) is 5.02 Å². The Labute approximate surface area is 137 Å². The molecule has 0 aliphatic carbocycles. The first-order chi connectivity index (χ1) is 10.3. The van der Waals surface area contributed by atoms with Crippen molar-refractivity contribution in [1.29, 1.82) is 0 Å². The number of aliphatic hydroxyl groups excluding tert-OH is 1. The van der Waals surface area contributed by atoms with Crippen molar-refractivity contribution in [2.45, 2.75) is 46.8 Å². The molecule has 5 nitrogen and oxygen atoms in total. The molecule has 1 rings (SSSR count). The summed E-state index contributed by atoms with van der Waals surface area (Å²) in [5, 5.41) is 12.8. The molecule has 2 N–H and O–H groups in total. The molecule has 0 spiro atoms. The van der Waals surface area contributed by atoms with Crippen LogP contribution in [0.2, 0.25) is 5.02 Å². The molecule has 0 bridgehead atoms. The maximum atomic E-state index is 11.7. The van der Waals surface area contributed by atoms with Gasteiger partial charge in [0.05, 0.1) is 19.1 Å². The molecule has 6 heteroatoms. The third-order valence-electron chi connectivity index (χ3n) is 3.07. The fourth-order valence-corrected chi connectivity index (χ4v) is 1.86. The molecule has 0 saturated heterocycles. The van der Waals surface area contributed by atoms with Gasteiger partial charge in [-0.15, -0.1) is 0 Å². The van der Waals surface area contributed by atoms with Crippen LogP contribution in [0.5, 0.6) is 5.88 Å². The van der Waals surface area contributed by atoms with E-state index in [1.54, 1.807) is 12.3 Å². The van der Waals surface area contributed by atoms with Crippen molar-refractivity contribution in [3.63, 3.8) is 0 Å². The van der Waals surface area contributed by atoms with Crippen molar-refractivity contribution in [2.75, 3.05) is 6.61 Å². The zero-order valence-electron chi connectivity index (χ0n) is 13.6. The first-order valence-corrected chi connectivity index (χ1v) is 7.89. The SMILES string of the molecule is CC(C)COc1ncc(CNC(=O)CC(O)C(C)C)cc1Cl. The second-order valence-corrected chi connectivity index (χ2v) is 6.53. The van der Waals surface area contributed by atoms with Crippen LogP contribution in [-0.4, -0.2) is 28.7 Å². The van der Waals surface area contributed by atoms with E-state index in [4.69, 9.17) is 16.3 Å². The zero-order valence-corrected chi connectivity index (χ0v) is 14.4. The number of nitrogens with zero attached hydrogens (tertiary/aromatic N) is 1. The monoisotopic (exact) mass is 328 g/mol. The lowest BCUT2D eigenvalue weighted by Crippen LogP contribution is -2.29. The van der Waals surface area contributed by atoms with Crippen LogP contribution in [0.25, 0.3) is 0 Å². The molecule has 1 amide bonds. The molecule has 22 heavy (non-hydrogen) atoms. The van der Waals surface area contributed by atoms with Gasteiger partial charge in [0.15, 0.2) is 0 Å². The van der Waals surface area contributed by atoms with E-state index >= 15 is 0 Å². The average molecular weight is 329 g/mol. The van der Waals surface area contributed by atoms with Gasteiger partial charge in [0.25, 0.3) is 0 Å². The average Bonchev–Trinajstić information content (AvgIpc) is 2.43.